The van der Waals surface area contributed by atoms with E-state index >= 15 is 0 Å². The van der Waals surface area contributed by atoms with Gasteiger partial charge in [0.05, 0.1) is 11.2 Å². The van der Waals surface area contributed by atoms with Gasteiger partial charge in [0.15, 0.2) is 0 Å². The second-order valence-electron chi connectivity index (χ2n) is 5.57. The first kappa shape index (κ1) is 16.5. The molecule has 1 saturated carbocycles. The first-order valence-corrected chi connectivity index (χ1v) is 7.15. The first-order valence-electron chi connectivity index (χ1n) is 7.15. The van der Waals surface area contributed by atoms with Gasteiger partial charge in [-0.3, -0.25) is 4.79 Å². The Morgan fingerprint density at radius 2 is 1.82 bits per heavy atom. The van der Waals surface area contributed by atoms with E-state index in [9.17, 15) is 23.1 Å². The number of nitrogens with one attached hydrogen (secondary N) is 1. The number of alkyl halides is 3. The van der Waals surface area contributed by atoms with Gasteiger partial charge in [-0.1, -0.05) is 43.2 Å². The molecule has 2 N–H and O–H groups in total. The highest BCUT2D eigenvalue weighted by Crippen LogP contribution is 2.33. The van der Waals surface area contributed by atoms with Crippen LogP contribution in [-0.2, 0) is 4.79 Å². The van der Waals surface area contributed by atoms with Crippen molar-refractivity contribution in [2.24, 2.45) is 0 Å². The van der Waals surface area contributed by atoms with Crippen molar-refractivity contribution >= 4 is 11.5 Å². The summed E-state index contributed by atoms with van der Waals surface area (Å²) in [5.41, 5.74) is -2.05. The van der Waals surface area contributed by atoms with Gasteiger partial charge in [0.25, 0.3) is 0 Å². The first-order chi connectivity index (χ1) is 10.3. The molecular weight excluding hydrogens is 295 g/mol. The molecule has 1 amide bonds. The number of carbonyl (C=O) groups excluding carboxylic acids is 1. The van der Waals surface area contributed by atoms with Crippen LogP contribution in [0.25, 0.3) is 5.57 Å². The number of aliphatic hydroxyl groups is 1. The van der Waals surface area contributed by atoms with E-state index in [1.165, 1.54) is 24.3 Å². The van der Waals surface area contributed by atoms with Crippen LogP contribution < -0.4 is 5.32 Å². The van der Waals surface area contributed by atoms with Gasteiger partial charge in [-0.15, -0.1) is 0 Å². The van der Waals surface area contributed by atoms with Crippen LogP contribution in [0.4, 0.5) is 13.2 Å². The number of amides is 1. The molecule has 1 aromatic rings. The van der Waals surface area contributed by atoms with E-state index in [-0.39, 0.29) is 12.1 Å². The largest absolute Gasteiger partial charge is 0.417 e. The van der Waals surface area contributed by atoms with Gasteiger partial charge in [0, 0.05) is 12.6 Å². The average molecular weight is 313 g/mol. The summed E-state index contributed by atoms with van der Waals surface area (Å²) < 4.78 is 39.3. The van der Waals surface area contributed by atoms with Gasteiger partial charge in [-0.25, -0.2) is 0 Å². The van der Waals surface area contributed by atoms with Gasteiger partial charge in [0.1, 0.15) is 0 Å². The Labute approximate surface area is 126 Å². The molecule has 6 heteroatoms. The van der Waals surface area contributed by atoms with Gasteiger partial charge in [0.2, 0.25) is 5.91 Å². The normalized spacial score (nSPS) is 18.3. The maximum atomic E-state index is 13.1. The Balaban J connectivity index is 2.10. The van der Waals surface area contributed by atoms with Crippen LogP contribution in [0.1, 0.15) is 31.2 Å². The Morgan fingerprint density at radius 3 is 2.36 bits per heavy atom. The fourth-order valence-corrected chi connectivity index (χ4v) is 2.59. The fourth-order valence-electron chi connectivity index (χ4n) is 2.59. The number of benzene rings is 1. The SMILES string of the molecule is O=C(/C=C(/c1ccccc1)C(F)(F)F)NCC1(O)CCCC1. The van der Waals surface area contributed by atoms with Gasteiger partial charge in [-0.05, 0) is 18.4 Å². The zero-order valence-electron chi connectivity index (χ0n) is 12.0. The summed E-state index contributed by atoms with van der Waals surface area (Å²) in [4.78, 5) is 11.8. The molecule has 1 aliphatic carbocycles. The van der Waals surface area contributed by atoms with E-state index < -0.39 is 23.3 Å². The van der Waals surface area contributed by atoms with Crippen LogP contribution in [0.15, 0.2) is 36.4 Å². The molecule has 0 atom stereocenters. The summed E-state index contributed by atoms with van der Waals surface area (Å²) in [6.45, 7) is -0.0255. The zero-order valence-corrected chi connectivity index (χ0v) is 12.0. The van der Waals surface area contributed by atoms with Crippen molar-refractivity contribution in [2.45, 2.75) is 37.5 Å². The molecule has 1 aliphatic rings. The second-order valence-corrected chi connectivity index (χ2v) is 5.57. The molecule has 0 heterocycles. The lowest BCUT2D eigenvalue weighted by molar-refractivity contribution is -0.118. The fraction of sp³-hybridized carbons (Fsp3) is 0.438. The highest BCUT2D eigenvalue weighted by molar-refractivity contribution is 5.96. The molecule has 0 aromatic heterocycles. The monoisotopic (exact) mass is 313 g/mol. The predicted octanol–water partition coefficient (Wildman–Crippen LogP) is 3.05. The summed E-state index contributed by atoms with van der Waals surface area (Å²) in [6, 6.07) is 7.17. The minimum absolute atomic E-state index is 0.0255. The average Bonchev–Trinajstić information content (AvgIpc) is 2.90. The minimum Gasteiger partial charge on any atom is -0.388 e. The molecule has 0 aliphatic heterocycles. The third-order valence-corrected chi connectivity index (χ3v) is 3.79. The minimum atomic E-state index is -4.62. The Morgan fingerprint density at radius 1 is 1.23 bits per heavy atom. The summed E-state index contributed by atoms with van der Waals surface area (Å²) in [6.07, 6.45) is -1.24. The molecule has 1 fully saturated rings. The number of hydrogen-bond donors (Lipinski definition) is 2. The highest BCUT2D eigenvalue weighted by Gasteiger charge is 2.36. The van der Waals surface area contributed by atoms with Gasteiger partial charge >= 0.3 is 6.18 Å². The van der Waals surface area contributed by atoms with Crippen molar-refractivity contribution in [3.63, 3.8) is 0 Å². The lowest BCUT2D eigenvalue weighted by atomic mass is 10.0. The summed E-state index contributed by atoms with van der Waals surface area (Å²) >= 11 is 0. The molecule has 0 spiro atoms. The third-order valence-electron chi connectivity index (χ3n) is 3.79. The van der Waals surface area contributed by atoms with Crippen molar-refractivity contribution in [1.29, 1.82) is 0 Å². The Hall–Kier alpha value is -1.82. The van der Waals surface area contributed by atoms with Crippen molar-refractivity contribution in [1.82, 2.24) is 5.32 Å². The summed E-state index contributed by atoms with van der Waals surface area (Å²) in [7, 11) is 0. The molecule has 0 saturated heterocycles. The van der Waals surface area contributed by atoms with Crippen molar-refractivity contribution in [3.05, 3.63) is 42.0 Å². The number of allylic oxidation sites excluding steroid dienone is 1. The Kier molecular flexibility index (Phi) is 4.90. The molecule has 1 aromatic carbocycles. The van der Waals surface area contributed by atoms with Crippen LogP contribution in [0.5, 0.6) is 0 Å². The maximum absolute atomic E-state index is 13.1. The topological polar surface area (TPSA) is 49.3 Å². The number of carbonyl (C=O) groups is 1. The van der Waals surface area contributed by atoms with E-state index in [4.69, 9.17) is 0 Å². The molecule has 0 unspecified atom stereocenters. The molecule has 0 bridgehead atoms. The van der Waals surface area contributed by atoms with Gasteiger partial charge < -0.3 is 10.4 Å². The molecule has 22 heavy (non-hydrogen) atoms. The Bertz CT molecular complexity index is 546. The third kappa shape index (κ3) is 4.34. The second kappa shape index (κ2) is 6.52. The van der Waals surface area contributed by atoms with Crippen LogP contribution in [0.2, 0.25) is 0 Å². The maximum Gasteiger partial charge on any atom is 0.417 e. The summed E-state index contributed by atoms with van der Waals surface area (Å²) in [5, 5.41) is 12.5. The van der Waals surface area contributed by atoms with Crippen molar-refractivity contribution in [2.75, 3.05) is 6.54 Å². The molecule has 0 radical (unpaired) electrons. The van der Waals surface area contributed by atoms with E-state index in [1.54, 1.807) is 6.07 Å². The van der Waals surface area contributed by atoms with Gasteiger partial charge in [-0.2, -0.15) is 13.2 Å². The zero-order chi connectivity index (χ0) is 16.2. The van der Waals surface area contributed by atoms with E-state index in [2.05, 4.69) is 5.32 Å². The molecule has 120 valence electrons. The standard InChI is InChI=1S/C16H18F3NO2/c17-16(18,19)13(12-6-2-1-3-7-12)10-14(21)20-11-15(22)8-4-5-9-15/h1-3,6-7,10,22H,4-5,8-9,11H2,(H,20,21)/b13-10-. The van der Waals surface area contributed by atoms with Crippen LogP contribution >= 0.6 is 0 Å². The molecular formula is C16H18F3NO2. The van der Waals surface area contributed by atoms with E-state index in [1.807, 2.05) is 0 Å². The number of halogens is 3. The van der Waals surface area contributed by atoms with Crippen molar-refractivity contribution in [3.8, 4) is 0 Å². The molecule has 3 nitrogen and oxygen atoms in total. The highest BCUT2D eigenvalue weighted by atomic mass is 19.4. The van der Waals surface area contributed by atoms with Crippen molar-refractivity contribution < 1.29 is 23.1 Å². The smallest absolute Gasteiger partial charge is 0.388 e. The predicted molar refractivity (Wildman–Crippen MR) is 76.9 cm³/mol. The van der Waals surface area contributed by atoms with Crippen LogP contribution in [0, 0.1) is 0 Å². The lowest BCUT2D eigenvalue weighted by Crippen LogP contribution is -2.40. The van der Waals surface area contributed by atoms with Crippen LogP contribution in [-0.4, -0.2) is 29.3 Å². The van der Waals surface area contributed by atoms with E-state index in [0.29, 0.717) is 18.9 Å². The van der Waals surface area contributed by atoms with E-state index in [0.717, 1.165) is 12.8 Å². The lowest BCUT2D eigenvalue weighted by Gasteiger charge is -2.22. The quantitative estimate of drug-likeness (QED) is 0.839. The number of rotatable bonds is 4. The number of hydrogen-bond acceptors (Lipinski definition) is 2. The van der Waals surface area contributed by atoms with Crippen LogP contribution in [0.3, 0.4) is 0 Å². The molecule has 2 rings (SSSR count). The summed E-state index contributed by atoms with van der Waals surface area (Å²) in [5.74, 6) is -0.850.